The molecule has 0 heterocycles. The first-order chi connectivity index (χ1) is 8.19. The van der Waals surface area contributed by atoms with Crippen molar-refractivity contribution in [1.29, 1.82) is 0 Å². The summed E-state index contributed by atoms with van der Waals surface area (Å²) in [5, 5.41) is 0. The van der Waals surface area contributed by atoms with Crippen LogP contribution in [-0.2, 0) is 0 Å². The van der Waals surface area contributed by atoms with Crippen molar-refractivity contribution in [2.24, 2.45) is 0 Å². The Morgan fingerprint density at radius 3 is 2.18 bits per heavy atom. The van der Waals surface area contributed by atoms with Crippen LogP contribution in [0.25, 0.3) is 0 Å². The molecular weight excluding hydrogens is 225 g/mol. The van der Waals surface area contributed by atoms with Crippen molar-refractivity contribution in [2.45, 2.75) is 33.4 Å². The minimum Gasteiger partial charge on any atom is -0.272 e. The second-order valence-corrected chi connectivity index (χ2v) is 6.69. The van der Waals surface area contributed by atoms with Crippen LogP contribution in [0.3, 0.4) is 0 Å². The van der Waals surface area contributed by atoms with E-state index in [0.29, 0.717) is 5.66 Å². The molecule has 2 heteroatoms. The van der Waals surface area contributed by atoms with Crippen LogP contribution in [0.5, 0.6) is 0 Å². The van der Waals surface area contributed by atoms with Crippen LogP contribution >= 0.6 is 8.07 Å². The normalized spacial score (nSPS) is 12.4. The lowest BCUT2D eigenvalue weighted by Gasteiger charge is -2.28. The summed E-state index contributed by atoms with van der Waals surface area (Å²) in [5.41, 5.74) is 5.22. The molecule has 92 valence electrons. The molecule has 0 aliphatic heterocycles. The predicted molar refractivity (Wildman–Crippen MR) is 78.3 cm³/mol. The highest BCUT2D eigenvalue weighted by Gasteiger charge is 2.16. The van der Waals surface area contributed by atoms with Crippen molar-refractivity contribution < 1.29 is 0 Å². The van der Waals surface area contributed by atoms with Crippen molar-refractivity contribution in [3.05, 3.63) is 35.9 Å². The van der Waals surface area contributed by atoms with E-state index in [-0.39, 0.29) is 8.07 Å². The molecule has 1 aromatic rings. The molecule has 0 aromatic heterocycles. The fourth-order valence-electron chi connectivity index (χ4n) is 1.70. The molecule has 1 rings (SSSR count). The van der Waals surface area contributed by atoms with Gasteiger partial charge in [0.25, 0.3) is 0 Å². The molecule has 0 saturated heterocycles. The molecule has 0 fully saturated rings. The van der Waals surface area contributed by atoms with Crippen LogP contribution in [0.2, 0.25) is 0 Å². The van der Waals surface area contributed by atoms with Crippen molar-refractivity contribution in [3.63, 3.8) is 0 Å². The van der Waals surface area contributed by atoms with Crippen LogP contribution < -0.4 is 0 Å². The number of benzene rings is 1. The van der Waals surface area contributed by atoms with E-state index in [1.54, 1.807) is 0 Å². The molecule has 1 atom stereocenters. The van der Waals surface area contributed by atoms with Gasteiger partial charge in [0.05, 0.1) is 0 Å². The number of hydrogen-bond donors (Lipinski definition) is 0. The summed E-state index contributed by atoms with van der Waals surface area (Å²) < 4.78 is 2.48. The summed E-state index contributed by atoms with van der Waals surface area (Å²) >= 11 is 0. The van der Waals surface area contributed by atoms with Crippen molar-refractivity contribution in [2.75, 3.05) is 13.1 Å². The lowest BCUT2D eigenvalue weighted by molar-refractivity contribution is 0.506. The van der Waals surface area contributed by atoms with Crippen molar-refractivity contribution in [3.8, 4) is 11.6 Å². The van der Waals surface area contributed by atoms with Crippen LogP contribution in [0.15, 0.2) is 30.3 Å². The maximum absolute atomic E-state index is 3.48. The molecule has 1 nitrogen and oxygen atoms in total. The second-order valence-electron chi connectivity index (χ2n) is 4.18. The minimum absolute atomic E-state index is 0.335. The van der Waals surface area contributed by atoms with Gasteiger partial charge in [-0.25, -0.2) is 0 Å². The molecule has 0 bridgehead atoms. The highest BCUT2D eigenvalue weighted by atomic mass is 31.1. The van der Waals surface area contributed by atoms with Gasteiger partial charge in [-0.3, -0.25) is 4.67 Å². The topological polar surface area (TPSA) is 3.24 Å². The van der Waals surface area contributed by atoms with Crippen LogP contribution in [0.4, 0.5) is 0 Å². The van der Waals surface area contributed by atoms with E-state index in [9.17, 15) is 0 Å². The standard InChI is InChI=1S/C15H22NP/c1-5-16(6-2)17(14(3)4)13-12-15-10-8-7-9-11-15/h7-11,14H,5-6H2,1-4H3. The molecule has 1 unspecified atom stereocenters. The Labute approximate surface area is 107 Å². The maximum Gasteiger partial charge on any atom is 0.0473 e. The van der Waals surface area contributed by atoms with E-state index in [0.717, 1.165) is 18.7 Å². The molecular formula is C15H22NP. The first kappa shape index (κ1) is 14.2. The minimum atomic E-state index is -0.335. The zero-order chi connectivity index (χ0) is 12.7. The van der Waals surface area contributed by atoms with Gasteiger partial charge in [-0.05, 0) is 17.8 Å². The smallest absolute Gasteiger partial charge is 0.0473 e. The van der Waals surface area contributed by atoms with Crippen molar-refractivity contribution in [1.82, 2.24) is 4.67 Å². The van der Waals surface area contributed by atoms with Crippen LogP contribution in [0.1, 0.15) is 33.3 Å². The third-order valence-electron chi connectivity index (χ3n) is 2.61. The largest absolute Gasteiger partial charge is 0.272 e. The number of rotatable bonds is 4. The Morgan fingerprint density at radius 1 is 1.12 bits per heavy atom. The quantitative estimate of drug-likeness (QED) is 0.571. The zero-order valence-electron chi connectivity index (χ0n) is 11.3. The predicted octanol–water partition coefficient (Wildman–Crippen LogP) is 4.14. The van der Waals surface area contributed by atoms with Gasteiger partial charge in [0.2, 0.25) is 0 Å². The lowest BCUT2D eigenvalue weighted by atomic mass is 10.2. The number of nitrogens with zero attached hydrogens (tertiary/aromatic N) is 1. The first-order valence-corrected chi connectivity index (χ1v) is 7.66. The summed E-state index contributed by atoms with van der Waals surface area (Å²) in [4.78, 5) is 0. The fraction of sp³-hybridized carbons (Fsp3) is 0.467. The average molecular weight is 247 g/mol. The molecule has 17 heavy (non-hydrogen) atoms. The van der Waals surface area contributed by atoms with Crippen LogP contribution in [-0.4, -0.2) is 23.4 Å². The summed E-state index contributed by atoms with van der Waals surface area (Å²) in [6.07, 6.45) is 0. The van der Waals surface area contributed by atoms with Gasteiger partial charge in [-0.15, -0.1) is 0 Å². The third kappa shape index (κ3) is 4.50. The van der Waals surface area contributed by atoms with Gasteiger partial charge in [0.1, 0.15) is 0 Å². The Bertz CT molecular complexity index is 371. The number of hydrogen-bond acceptors (Lipinski definition) is 1. The van der Waals surface area contributed by atoms with Gasteiger partial charge >= 0.3 is 0 Å². The van der Waals surface area contributed by atoms with Gasteiger partial charge in [-0.1, -0.05) is 57.5 Å². The Kier molecular flexibility index (Phi) is 6.27. The van der Waals surface area contributed by atoms with E-state index in [1.165, 1.54) is 0 Å². The second kappa shape index (κ2) is 7.49. The summed E-state index contributed by atoms with van der Waals surface area (Å²) in [7, 11) is -0.335. The Hall–Kier alpha value is -0.830. The highest BCUT2D eigenvalue weighted by molar-refractivity contribution is 7.61. The molecule has 0 N–H and O–H groups in total. The highest BCUT2D eigenvalue weighted by Crippen LogP contribution is 2.43. The summed E-state index contributed by atoms with van der Waals surface area (Å²) in [6.45, 7) is 11.1. The zero-order valence-corrected chi connectivity index (χ0v) is 12.2. The molecule has 0 aliphatic rings. The first-order valence-electron chi connectivity index (χ1n) is 6.29. The van der Waals surface area contributed by atoms with Gasteiger partial charge in [-0.2, -0.15) is 0 Å². The van der Waals surface area contributed by atoms with E-state index in [1.807, 2.05) is 18.2 Å². The van der Waals surface area contributed by atoms with E-state index in [2.05, 4.69) is 56.1 Å². The van der Waals surface area contributed by atoms with E-state index < -0.39 is 0 Å². The molecule has 1 aromatic carbocycles. The maximum atomic E-state index is 3.48. The van der Waals surface area contributed by atoms with Gasteiger partial charge < -0.3 is 0 Å². The Morgan fingerprint density at radius 2 is 1.71 bits per heavy atom. The van der Waals surface area contributed by atoms with Gasteiger partial charge in [0, 0.05) is 26.7 Å². The van der Waals surface area contributed by atoms with Crippen LogP contribution in [0, 0.1) is 11.6 Å². The molecule has 0 aliphatic carbocycles. The summed E-state index contributed by atoms with van der Waals surface area (Å²) in [6, 6.07) is 10.3. The average Bonchev–Trinajstić information content (AvgIpc) is 2.35. The van der Waals surface area contributed by atoms with E-state index in [4.69, 9.17) is 0 Å². The van der Waals surface area contributed by atoms with Gasteiger partial charge in [0.15, 0.2) is 0 Å². The Balaban J connectivity index is 2.84. The van der Waals surface area contributed by atoms with Crippen molar-refractivity contribution >= 4 is 8.07 Å². The fourth-order valence-corrected chi connectivity index (χ4v) is 3.60. The summed E-state index contributed by atoms with van der Waals surface area (Å²) in [5.74, 6) is 3.31. The molecule has 0 spiro atoms. The third-order valence-corrected chi connectivity index (χ3v) is 5.11. The molecule has 0 saturated carbocycles. The molecule has 0 radical (unpaired) electrons. The monoisotopic (exact) mass is 247 g/mol. The molecule has 0 amide bonds. The van der Waals surface area contributed by atoms with E-state index >= 15 is 0 Å². The SMILES string of the molecule is CCN(CC)P(C#Cc1ccccc1)C(C)C. The lowest BCUT2D eigenvalue weighted by Crippen LogP contribution is -2.19.